The number of hydrogen-bond acceptors (Lipinski definition) is 4. The monoisotopic (exact) mass is 281 g/mol. The van der Waals surface area contributed by atoms with Gasteiger partial charge in [0.15, 0.2) is 5.65 Å². The van der Waals surface area contributed by atoms with Crippen LogP contribution in [0.25, 0.3) is 16.7 Å². The molecule has 1 atom stereocenters. The van der Waals surface area contributed by atoms with Crippen LogP contribution in [0.2, 0.25) is 0 Å². The lowest BCUT2D eigenvalue weighted by molar-refractivity contribution is 0.559. The first-order chi connectivity index (χ1) is 10.2. The van der Waals surface area contributed by atoms with E-state index in [-0.39, 0.29) is 0 Å². The largest absolute Gasteiger partial charge is 0.367 e. The molecular weight excluding hydrogens is 262 g/mol. The van der Waals surface area contributed by atoms with E-state index in [1.807, 2.05) is 41.2 Å². The molecule has 3 rings (SSSR count). The standard InChI is InChI=1S/C16H19N5/c1-11(2)12(3)20-15-14-9-19-21(16(14)18-10-17-15)13-7-5-4-6-8-13/h4-12H,1-3H3,(H,17,18,20). The molecule has 1 N–H and O–H groups in total. The topological polar surface area (TPSA) is 55.6 Å². The molecule has 0 spiro atoms. The zero-order valence-corrected chi connectivity index (χ0v) is 12.5. The lowest BCUT2D eigenvalue weighted by atomic mass is 10.1. The molecule has 0 aliphatic heterocycles. The van der Waals surface area contributed by atoms with Crippen molar-refractivity contribution < 1.29 is 0 Å². The van der Waals surface area contributed by atoms with Crippen molar-refractivity contribution in [3.05, 3.63) is 42.9 Å². The quantitative estimate of drug-likeness (QED) is 0.797. The molecule has 0 radical (unpaired) electrons. The van der Waals surface area contributed by atoms with Crippen molar-refractivity contribution in [2.75, 3.05) is 5.32 Å². The fourth-order valence-corrected chi connectivity index (χ4v) is 2.10. The zero-order valence-electron chi connectivity index (χ0n) is 12.5. The summed E-state index contributed by atoms with van der Waals surface area (Å²) in [6.07, 6.45) is 3.40. The van der Waals surface area contributed by atoms with Crippen molar-refractivity contribution in [3.8, 4) is 5.69 Å². The van der Waals surface area contributed by atoms with Gasteiger partial charge >= 0.3 is 0 Å². The second kappa shape index (κ2) is 5.52. The van der Waals surface area contributed by atoms with Crippen LogP contribution in [0.4, 0.5) is 5.82 Å². The number of rotatable bonds is 4. The van der Waals surface area contributed by atoms with Gasteiger partial charge in [-0.15, -0.1) is 0 Å². The lowest BCUT2D eigenvalue weighted by Crippen LogP contribution is -2.22. The number of nitrogens with one attached hydrogen (secondary N) is 1. The summed E-state index contributed by atoms with van der Waals surface area (Å²) in [6.45, 7) is 6.52. The van der Waals surface area contributed by atoms with Crippen LogP contribution in [-0.4, -0.2) is 25.8 Å². The molecule has 0 saturated heterocycles. The molecule has 2 aromatic heterocycles. The zero-order chi connectivity index (χ0) is 14.8. The Bertz CT molecular complexity index is 733. The van der Waals surface area contributed by atoms with Crippen LogP contribution in [-0.2, 0) is 0 Å². The van der Waals surface area contributed by atoms with Crippen molar-refractivity contribution in [2.45, 2.75) is 26.8 Å². The minimum absolute atomic E-state index is 0.336. The van der Waals surface area contributed by atoms with Gasteiger partial charge in [-0.25, -0.2) is 14.6 Å². The summed E-state index contributed by atoms with van der Waals surface area (Å²) in [5.74, 6) is 1.36. The first kappa shape index (κ1) is 13.5. The first-order valence-electron chi connectivity index (χ1n) is 7.17. The number of nitrogens with zero attached hydrogens (tertiary/aromatic N) is 4. The summed E-state index contributed by atoms with van der Waals surface area (Å²) in [5, 5.41) is 8.84. The van der Waals surface area contributed by atoms with E-state index in [0.29, 0.717) is 12.0 Å². The number of para-hydroxylation sites is 1. The number of benzene rings is 1. The Morgan fingerprint density at radius 3 is 2.52 bits per heavy atom. The fraction of sp³-hybridized carbons (Fsp3) is 0.312. The Morgan fingerprint density at radius 2 is 1.81 bits per heavy atom. The van der Waals surface area contributed by atoms with Crippen molar-refractivity contribution in [1.82, 2.24) is 19.7 Å². The highest BCUT2D eigenvalue weighted by molar-refractivity contribution is 5.87. The number of anilines is 1. The number of hydrogen-bond donors (Lipinski definition) is 1. The average molecular weight is 281 g/mol. The summed E-state index contributed by atoms with van der Waals surface area (Å²) < 4.78 is 1.84. The van der Waals surface area contributed by atoms with E-state index in [2.05, 4.69) is 41.2 Å². The predicted molar refractivity (Wildman–Crippen MR) is 84.6 cm³/mol. The van der Waals surface area contributed by atoms with E-state index in [1.54, 1.807) is 6.33 Å². The Kier molecular flexibility index (Phi) is 3.56. The van der Waals surface area contributed by atoms with Gasteiger partial charge in [-0.1, -0.05) is 32.0 Å². The van der Waals surface area contributed by atoms with Gasteiger partial charge in [-0.3, -0.25) is 0 Å². The van der Waals surface area contributed by atoms with E-state index in [9.17, 15) is 0 Å². The van der Waals surface area contributed by atoms with Gasteiger partial charge in [0, 0.05) is 6.04 Å². The van der Waals surface area contributed by atoms with E-state index in [1.165, 1.54) is 0 Å². The fourth-order valence-electron chi connectivity index (χ4n) is 2.10. The van der Waals surface area contributed by atoms with Gasteiger partial charge in [-0.2, -0.15) is 5.10 Å². The molecule has 21 heavy (non-hydrogen) atoms. The van der Waals surface area contributed by atoms with Gasteiger partial charge in [0.05, 0.1) is 17.3 Å². The molecule has 0 aliphatic carbocycles. The summed E-state index contributed by atoms with van der Waals surface area (Å²) in [7, 11) is 0. The van der Waals surface area contributed by atoms with Gasteiger partial charge in [0.2, 0.25) is 0 Å². The molecule has 0 aliphatic rings. The Hall–Kier alpha value is -2.43. The van der Waals surface area contributed by atoms with Crippen molar-refractivity contribution in [3.63, 3.8) is 0 Å². The molecule has 0 saturated carbocycles. The highest BCUT2D eigenvalue weighted by Crippen LogP contribution is 2.22. The van der Waals surface area contributed by atoms with E-state index < -0.39 is 0 Å². The van der Waals surface area contributed by atoms with Crippen LogP contribution in [0, 0.1) is 5.92 Å². The van der Waals surface area contributed by atoms with Gasteiger partial charge in [0.25, 0.3) is 0 Å². The normalized spacial score (nSPS) is 12.8. The molecule has 2 heterocycles. The van der Waals surface area contributed by atoms with Crippen LogP contribution in [0.15, 0.2) is 42.9 Å². The third-order valence-electron chi connectivity index (χ3n) is 3.73. The Morgan fingerprint density at radius 1 is 1.05 bits per heavy atom. The maximum Gasteiger partial charge on any atom is 0.168 e. The van der Waals surface area contributed by atoms with E-state index >= 15 is 0 Å². The molecule has 0 fully saturated rings. The SMILES string of the molecule is CC(C)C(C)Nc1ncnc2c1cnn2-c1ccccc1. The Balaban J connectivity index is 2.04. The molecule has 1 unspecified atom stereocenters. The van der Waals surface area contributed by atoms with Crippen LogP contribution in [0.1, 0.15) is 20.8 Å². The average Bonchev–Trinajstić information content (AvgIpc) is 2.93. The molecular formula is C16H19N5. The number of aromatic nitrogens is 4. The molecule has 3 aromatic rings. The molecule has 108 valence electrons. The van der Waals surface area contributed by atoms with Crippen molar-refractivity contribution >= 4 is 16.9 Å². The molecule has 5 nitrogen and oxygen atoms in total. The first-order valence-corrected chi connectivity index (χ1v) is 7.17. The Labute approximate surface area is 124 Å². The van der Waals surface area contributed by atoms with Crippen LogP contribution < -0.4 is 5.32 Å². The van der Waals surface area contributed by atoms with Crippen molar-refractivity contribution in [1.29, 1.82) is 0 Å². The van der Waals surface area contributed by atoms with E-state index in [4.69, 9.17) is 0 Å². The minimum Gasteiger partial charge on any atom is -0.367 e. The van der Waals surface area contributed by atoms with E-state index in [0.717, 1.165) is 22.5 Å². The predicted octanol–water partition coefficient (Wildman–Crippen LogP) is 3.27. The molecule has 1 aromatic carbocycles. The maximum atomic E-state index is 4.45. The van der Waals surface area contributed by atoms with Crippen molar-refractivity contribution in [2.24, 2.45) is 5.92 Å². The summed E-state index contributed by atoms with van der Waals surface area (Å²) in [4.78, 5) is 8.74. The van der Waals surface area contributed by atoms with Gasteiger partial charge < -0.3 is 5.32 Å². The summed E-state index contributed by atoms with van der Waals surface area (Å²) in [6, 6.07) is 10.3. The second-order valence-corrected chi connectivity index (χ2v) is 5.53. The molecule has 5 heteroatoms. The highest BCUT2D eigenvalue weighted by atomic mass is 15.3. The molecule has 0 bridgehead atoms. The van der Waals surface area contributed by atoms with Crippen LogP contribution in [0.5, 0.6) is 0 Å². The summed E-state index contributed by atoms with van der Waals surface area (Å²) >= 11 is 0. The van der Waals surface area contributed by atoms with Gasteiger partial charge in [-0.05, 0) is 25.0 Å². The maximum absolute atomic E-state index is 4.45. The smallest absolute Gasteiger partial charge is 0.168 e. The minimum atomic E-state index is 0.336. The summed E-state index contributed by atoms with van der Waals surface area (Å²) in [5.41, 5.74) is 1.81. The third-order valence-corrected chi connectivity index (χ3v) is 3.73. The highest BCUT2D eigenvalue weighted by Gasteiger charge is 2.13. The van der Waals surface area contributed by atoms with Crippen LogP contribution in [0.3, 0.4) is 0 Å². The molecule has 0 amide bonds. The second-order valence-electron chi connectivity index (χ2n) is 5.53. The lowest BCUT2D eigenvalue weighted by Gasteiger charge is -2.18. The third kappa shape index (κ3) is 2.59. The van der Waals surface area contributed by atoms with Gasteiger partial charge in [0.1, 0.15) is 12.1 Å². The number of fused-ring (bicyclic) bond motifs is 1. The van der Waals surface area contributed by atoms with Crippen LogP contribution >= 0.6 is 0 Å².